The Morgan fingerprint density at radius 1 is 1.32 bits per heavy atom. The van der Waals surface area contributed by atoms with Crippen molar-refractivity contribution in [3.63, 3.8) is 0 Å². The SMILES string of the molecule is C=CCNC(=O)c1cncc(C(=O)NC2CCS(=O)(=O)C2)c1. The van der Waals surface area contributed by atoms with Crippen molar-refractivity contribution < 1.29 is 18.0 Å². The lowest BCUT2D eigenvalue weighted by molar-refractivity contribution is 0.0940. The van der Waals surface area contributed by atoms with Crippen molar-refractivity contribution in [2.45, 2.75) is 12.5 Å². The van der Waals surface area contributed by atoms with Crippen molar-refractivity contribution in [1.82, 2.24) is 15.6 Å². The third-order valence-corrected chi connectivity index (χ3v) is 5.01. The number of nitrogens with zero attached hydrogens (tertiary/aromatic N) is 1. The van der Waals surface area contributed by atoms with Crippen LogP contribution in [0.5, 0.6) is 0 Å². The van der Waals surface area contributed by atoms with E-state index in [1.165, 1.54) is 18.5 Å². The van der Waals surface area contributed by atoms with Crippen LogP contribution in [0.1, 0.15) is 27.1 Å². The molecule has 2 rings (SSSR count). The minimum Gasteiger partial charge on any atom is -0.349 e. The number of hydrogen-bond acceptors (Lipinski definition) is 5. The van der Waals surface area contributed by atoms with Gasteiger partial charge in [-0.25, -0.2) is 8.42 Å². The highest BCUT2D eigenvalue weighted by Gasteiger charge is 2.29. The van der Waals surface area contributed by atoms with Crippen molar-refractivity contribution in [1.29, 1.82) is 0 Å². The fourth-order valence-electron chi connectivity index (χ4n) is 2.13. The first kappa shape index (κ1) is 16.2. The van der Waals surface area contributed by atoms with Crippen LogP contribution in [0.15, 0.2) is 31.1 Å². The second kappa shape index (κ2) is 6.69. The number of hydrogen-bond donors (Lipinski definition) is 2. The van der Waals surface area contributed by atoms with E-state index in [-0.39, 0.29) is 28.5 Å². The van der Waals surface area contributed by atoms with E-state index >= 15 is 0 Å². The molecule has 1 aromatic rings. The highest BCUT2D eigenvalue weighted by Crippen LogP contribution is 2.12. The molecule has 2 amide bonds. The van der Waals surface area contributed by atoms with E-state index in [0.717, 1.165) is 0 Å². The lowest BCUT2D eigenvalue weighted by Gasteiger charge is -2.11. The van der Waals surface area contributed by atoms with Crippen LogP contribution in [0.4, 0.5) is 0 Å². The van der Waals surface area contributed by atoms with Crippen molar-refractivity contribution >= 4 is 21.7 Å². The number of amides is 2. The van der Waals surface area contributed by atoms with Gasteiger partial charge in [0, 0.05) is 25.0 Å². The lowest BCUT2D eigenvalue weighted by Crippen LogP contribution is -2.35. The zero-order chi connectivity index (χ0) is 16.2. The monoisotopic (exact) mass is 323 g/mol. The second-order valence-corrected chi connectivity index (χ2v) is 7.26. The summed E-state index contributed by atoms with van der Waals surface area (Å²) >= 11 is 0. The molecule has 118 valence electrons. The topological polar surface area (TPSA) is 105 Å². The van der Waals surface area contributed by atoms with Crippen LogP contribution in [0.2, 0.25) is 0 Å². The average molecular weight is 323 g/mol. The van der Waals surface area contributed by atoms with E-state index in [2.05, 4.69) is 22.2 Å². The molecule has 7 nitrogen and oxygen atoms in total. The van der Waals surface area contributed by atoms with Crippen LogP contribution < -0.4 is 10.6 Å². The summed E-state index contributed by atoms with van der Waals surface area (Å²) in [4.78, 5) is 27.8. The summed E-state index contributed by atoms with van der Waals surface area (Å²) in [5, 5.41) is 5.24. The number of pyridine rings is 1. The normalized spacial score (nSPS) is 19.4. The van der Waals surface area contributed by atoms with E-state index in [9.17, 15) is 18.0 Å². The van der Waals surface area contributed by atoms with Crippen LogP contribution in [-0.4, -0.2) is 49.3 Å². The van der Waals surface area contributed by atoms with Crippen LogP contribution in [0.3, 0.4) is 0 Å². The molecule has 0 aromatic carbocycles. The molecule has 1 saturated heterocycles. The molecule has 1 unspecified atom stereocenters. The highest BCUT2D eigenvalue weighted by molar-refractivity contribution is 7.91. The van der Waals surface area contributed by atoms with E-state index in [0.29, 0.717) is 13.0 Å². The predicted octanol–water partition coefficient (Wildman–Crippen LogP) is -0.0857. The smallest absolute Gasteiger partial charge is 0.253 e. The van der Waals surface area contributed by atoms with Gasteiger partial charge in [0.1, 0.15) is 0 Å². The molecule has 2 heterocycles. The first-order chi connectivity index (χ1) is 10.4. The summed E-state index contributed by atoms with van der Waals surface area (Å²) in [6, 6.07) is 1.03. The fourth-order valence-corrected chi connectivity index (χ4v) is 3.81. The number of rotatable bonds is 5. The largest absolute Gasteiger partial charge is 0.349 e. The molecular weight excluding hydrogens is 306 g/mol. The first-order valence-electron chi connectivity index (χ1n) is 6.77. The number of sulfone groups is 1. The summed E-state index contributed by atoms with van der Waals surface area (Å²) in [5.74, 6) is -0.759. The van der Waals surface area contributed by atoms with Gasteiger partial charge in [-0.15, -0.1) is 6.58 Å². The molecule has 0 aliphatic carbocycles. The molecule has 0 bridgehead atoms. The number of nitrogens with one attached hydrogen (secondary N) is 2. The minimum atomic E-state index is -3.06. The van der Waals surface area contributed by atoms with E-state index < -0.39 is 21.8 Å². The second-order valence-electron chi connectivity index (χ2n) is 5.03. The van der Waals surface area contributed by atoms with Gasteiger partial charge in [0.15, 0.2) is 9.84 Å². The van der Waals surface area contributed by atoms with E-state index in [1.54, 1.807) is 6.08 Å². The third kappa shape index (κ3) is 4.14. The molecule has 8 heteroatoms. The predicted molar refractivity (Wildman–Crippen MR) is 81.3 cm³/mol. The van der Waals surface area contributed by atoms with Gasteiger partial charge in [0.05, 0.1) is 22.6 Å². The summed E-state index contributed by atoms with van der Waals surface area (Å²) in [7, 11) is -3.06. The summed E-state index contributed by atoms with van der Waals surface area (Å²) in [6.45, 7) is 3.81. The molecule has 1 aliphatic heterocycles. The Kier molecular flexibility index (Phi) is 4.92. The van der Waals surface area contributed by atoms with Gasteiger partial charge >= 0.3 is 0 Å². The zero-order valence-corrected chi connectivity index (χ0v) is 12.7. The van der Waals surface area contributed by atoms with Crippen LogP contribution in [-0.2, 0) is 9.84 Å². The molecule has 0 radical (unpaired) electrons. The van der Waals surface area contributed by atoms with Gasteiger partial charge in [0.25, 0.3) is 11.8 Å². The van der Waals surface area contributed by atoms with Crippen LogP contribution in [0.25, 0.3) is 0 Å². The maximum absolute atomic E-state index is 12.1. The Morgan fingerprint density at radius 3 is 2.59 bits per heavy atom. The summed E-state index contributed by atoms with van der Waals surface area (Å²) < 4.78 is 22.8. The third-order valence-electron chi connectivity index (χ3n) is 3.24. The average Bonchev–Trinajstić information content (AvgIpc) is 2.83. The molecule has 1 aromatic heterocycles. The van der Waals surface area contributed by atoms with Crippen molar-refractivity contribution in [2.75, 3.05) is 18.1 Å². The van der Waals surface area contributed by atoms with Crippen molar-refractivity contribution in [3.05, 3.63) is 42.2 Å². The Balaban J connectivity index is 2.04. The molecule has 22 heavy (non-hydrogen) atoms. The number of carbonyl (C=O) groups excluding carboxylic acids is 2. The van der Waals surface area contributed by atoms with E-state index in [4.69, 9.17) is 0 Å². The van der Waals surface area contributed by atoms with Crippen molar-refractivity contribution in [2.24, 2.45) is 0 Å². The highest BCUT2D eigenvalue weighted by atomic mass is 32.2. The van der Waals surface area contributed by atoms with Gasteiger partial charge in [0.2, 0.25) is 0 Å². The molecule has 1 fully saturated rings. The lowest BCUT2D eigenvalue weighted by atomic mass is 10.1. The quantitative estimate of drug-likeness (QED) is 0.737. The van der Waals surface area contributed by atoms with Crippen molar-refractivity contribution in [3.8, 4) is 0 Å². The molecular formula is C14H17N3O4S. The minimum absolute atomic E-state index is 0.0499. The molecule has 0 saturated carbocycles. The number of aromatic nitrogens is 1. The van der Waals surface area contributed by atoms with Gasteiger partial charge in [-0.1, -0.05) is 6.08 Å². The molecule has 2 N–H and O–H groups in total. The van der Waals surface area contributed by atoms with Crippen LogP contribution >= 0.6 is 0 Å². The Hall–Kier alpha value is -2.22. The molecule has 1 atom stereocenters. The zero-order valence-electron chi connectivity index (χ0n) is 11.9. The fraction of sp³-hybridized carbons (Fsp3) is 0.357. The first-order valence-corrected chi connectivity index (χ1v) is 8.59. The van der Waals surface area contributed by atoms with Crippen LogP contribution in [0, 0.1) is 0 Å². The summed E-state index contributed by atoms with van der Waals surface area (Å²) in [5.41, 5.74) is 0.476. The Bertz CT molecular complexity index is 700. The maximum atomic E-state index is 12.1. The Morgan fingerprint density at radius 2 is 2.00 bits per heavy atom. The number of carbonyl (C=O) groups is 2. The molecule has 0 spiro atoms. The maximum Gasteiger partial charge on any atom is 0.253 e. The Labute approximate surface area is 128 Å². The van der Waals surface area contributed by atoms with E-state index in [1.807, 2.05) is 0 Å². The van der Waals surface area contributed by atoms with Gasteiger partial charge in [-0.2, -0.15) is 0 Å². The van der Waals surface area contributed by atoms with Gasteiger partial charge < -0.3 is 10.6 Å². The van der Waals surface area contributed by atoms with Gasteiger partial charge in [-0.3, -0.25) is 14.6 Å². The standard InChI is InChI=1S/C14H17N3O4S/c1-2-4-16-13(18)10-6-11(8-15-7-10)14(19)17-12-3-5-22(20,21)9-12/h2,6-8,12H,1,3-5,9H2,(H,16,18)(H,17,19). The van der Waals surface area contributed by atoms with Gasteiger partial charge in [-0.05, 0) is 12.5 Å². The molecule has 1 aliphatic rings. The summed E-state index contributed by atoms with van der Waals surface area (Å²) in [6.07, 6.45) is 4.64.